The summed E-state index contributed by atoms with van der Waals surface area (Å²) in [5.41, 5.74) is 6.12. The Morgan fingerprint density at radius 3 is 2.73 bits per heavy atom. The summed E-state index contributed by atoms with van der Waals surface area (Å²) in [5.74, 6) is 1.25. The van der Waals surface area contributed by atoms with Gasteiger partial charge in [0.25, 0.3) is 0 Å². The van der Waals surface area contributed by atoms with E-state index in [-0.39, 0.29) is 11.9 Å². The number of benzene rings is 2. The van der Waals surface area contributed by atoms with Gasteiger partial charge in [-0.1, -0.05) is 47.7 Å². The molecule has 4 aromatic rings. The topological polar surface area (TPSA) is 72.8 Å². The fourth-order valence-electron chi connectivity index (χ4n) is 4.83. The SMILES string of the molecule is Cc1cc(C)c(C(=O)CSc2nnc(-c3c[nH]c4ccccc34)n2C[C@@H]2CCCO2)c(C)c1. The van der Waals surface area contributed by atoms with Gasteiger partial charge in [0, 0.05) is 34.8 Å². The van der Waals surface area contributed by atoms with Crippen LogP contribution in [0.5, 0.6) is 0 Å². The number of nitrogens with one attached hydrogen (secondary N) is 1. The highest BCUT2D eigenvalue weighted by Gasteiger charge is 2.24. The number of ether oxygens (including phenoxy) is 1. The minimum atomic E-state index is 0.121. The number of thioether (sulfide) groups is 1. The van der Waals surface area contributed by atoms with E-state index in [2.05, 4.69) is 50.9 Å². The molecule has 1 fully saturated rings. The van der Waals surface area contributed by atoms with Crippen LogP contribution in [0, 0.1) is 20.8 Å². The minimum absolute atomic E-state index is 0.121. The van der Waals surface area contributed by atoms with E-state index < -0.39 is 0 Å². The number of ketones is 1. The smallest absolute Gasteiger partial charge is 0.192 e. The predicted octanol–water partition coefficient (Wildman–Crippen LogP) is 5.51. The van der Waals surface area contributed by atoms with Crippen LogP contribution in [-0.2, 0) is 11.3 Å². The lowest BCUT2D eigenvalue weighted by molar-refractivity contribution is 0.0953. The lowest BCUT2D eigenvalue weighted by Gasteiger charge is -2.15. The van der Waals surface area contributed by atoms with Crippen molar-refractivity contribution in [3.8, 4) is 11.4 Å². The maximum absolute atomic E-state index is 13.1. The van der Waals surface area contributed by atoms with Crippen LogP contribution in [0.2, 0.25) is 0 Å². The molecule has 7 heteroatoms. The van der Waals surface area contributed by atoms with Gasteiger partial charge in [-0.15, -0.1) is 10.2 Å². The van der Waals surface area contributed by atoms with Crippen molar-refractivity contribution in [1.82, 2.24) is 19.7 Å². The number of hydrogen-bond donors (Lipinski definition) is 1. The maximum atomic E-state index is 13.1. The van der Waals surface area contributed by atoms with Crippen LogP contribution in [0.15, 0.2) is 47.8 Å². The molecular formula is C26H28N4O2S. The zero-order valence-corrected chi connectivity index (χ0v) is 20.0. The molecule has 0 radical (unpaired) electrons. The number of H-pyrrole nitrogens is 1. The molecule has 1 N–H and O–H groups in total. The van der Waals surface area contributed by atoms with Crippen molar-refractivity contribution in [3.63, 3.8) is 0 Å². The van der Waals surface area contributed by atoms with Crippen molar-refractivity contribution in [3.05, 3.63) is 64.8 Å². The van der Waals surface area contributed by atoms with Gasteiger partial charge in [-0.2, -0.15) is 0 Å². The van der Waals surface area contributed by atoms with Gasteiger partial charge in [0.05, 0.1) is 18.4 Å². The number of aromatic amines is 1. The highest BCUT2D eigenvalue weighted by atomic mass is 32.2. The number of aryl methyl sites for hydroxylation is 3. The molecule has 0 unspecified atom stereocenters. The second-order valence-electron chi connectivity index (χ2n) is 8.79. The number of Topliss-reactive ketones (excluding diaryl/α,β-unsaturated/α-hetero) is 1. The summed E-state index contributed by atoms with van der Waals surface area (Å²) in [6.45, 7) is 7.55. The molecule has 0 aliphatic carbocycles. The van der Waals surface area contributed by atoms with E-state index in [9.17, 15) is 4.79 Å². The molecule has 170 valence electrons. The van der Waals surface area contributed by atoms with Crippen molar-refractivity contribution in [1.29, 1.82) is 0 Å². The van der Waals surface area contributed by atoms with E-state index in [1.54, 1.807) is 0 Å². The van der Waals surface area contributed by atoms with Crippen molar-refractivity contribution < 1.29 is 9.53 Å². The van der Waals surface area contributed by atoms with Crippen LogP contribution in [0.1, 0.15) is 39.9 Å². The molecular weight excluding hydrogens is 432 g/mol. The van der Waals surface area contributed by atoms with Crippen LogP contribution in [0.4, 0.5) is 0 Å². The molecule has 1 aliphatic heterocycles. The Kier molecular flexibility index (Phi) is 6.08. The molecule has 6 nitrogen and oxygen atoms in total. The van der Waals surface area contributed by atoms with Gasteiger partial charge in [-0.25, -0.2) is 0 Å². The third kappa shape index (κ3) is 4.35. The van der Waals surface area contributed by atoms with Gasteiger partial charge in [0.1, 0.15) is 0 Å². The van der Waals surface area contributed by atoms with E-state index in [1.807, 2.05) is 32.2 Å². The first-order valence-corrected chi connectivity index (χ1v) is 12.3. The average Bonchev–Trinajstić information content (AvgIpc) is 3.52. The number of carbonyl (C=O) groups excluding carboxylic acids is 1. The zero-order valence-electron chi connectivity index (χ0n) is 19.2. The second kappa shape index (κ2) is 9.15. The quantitative estimate of drug-likeness (QED) is 0.291. The Morgan fingerprint density at radius 2 is 1.97 bits per heavy atom. The lowest BCUT2D eigenvalue weighted by Crippen LogP contribution is -2.17. The second-order valence-corrected chi connectivity index (χ2v) is 9.73. The highest BCUT2D eigenvalue weighted by Crippen LogP contribution is 2.31. The maximum Gasteiger partial charge on any atom is 0.192 e. The summed E-state index contributed by atoms with van der Waals surface area (Å²) < 4.78 is 8.04. The number of aromatic nitrogens is 4. The van der Waals surface area contributed by atoms with Crippen molar-refractivity contribution in [2.45, 2.75) is 51.4 Å². The molecule has 1 saturated heterocycles. The first-order valence-electron chi connectivity index (χ1n) is 11.4. The van der Waals surface area contributed by atoms with Crippen LogP contribution in [-0.4, -0.2) is 44.0 Å². The largest absolute Gasteiger partial charge is 0.376 e. The summed E-state index contributed by atoms with van der Waals surface area (Å²) in [5, 5.41) is 10.9. The van der Waals surface area contributed by atoms with E-state index in [4.69, 9.17) is 4.74 Å². The number of hydrogen-bond acceptors (Lipinski definition) is 5. The fourth-order valence-corrected chi connectivity index (χ4v) is 5.65. The van der Waals surface area contributed by atoms with Crippen molar-refractivity contribution in [2.24, 2.45) is 0 Å². The number of nitrogens with zero attached hydrogens (tertiary/aromatic N) is 3. The normalized spacial score (nSPS) is 16.0. The van der Waals surface area contributed by atoms with Gasteiger partial charge in [-0.05, 0) is 50.8 Å². The third-order valence-corrected chi connectivity index (χ3v) is 7.21. The predicted molar refractivity (Wildman–Crippen MR) is 132 cm³/mol. The summed E-state index contributed by atoms with van der Waals surface area (Å²) in [4.78, 5) is 16.5. The van der Waals surface area contributed by atoms with E-state index in [1.165, 1.54) is 17.3 Å². The average molecular weight is 461 g/mol. The molecule has 3 heterocycles. The molecule has 0 spiro atoms. The van der Waals surface area contributed by atoms with Crippen LogP contribution in [0.3, 0.4) is 0 Å². The summed E-state index contributed by atoms with van der Waals surface area (Å²) in [7, 11) is 0. The summed E-state index contributed by atoms with van der Waals surface area (Å²) in [6, 6.07) is 12.3. The molecule has 0 saturated carbocycles. The molecule has 0 amide bonds. The summed E-state index contributed by atoms with van der Waals surface area (Å²) >= 11 is 1.45. The highest BCUT2D eigenvalue weighted by molar-refractivity contribution is 7.99. The van der Waals surface area contributed by atoms with Crippen molar-refractivity contribution in [2.75, 3.05) is 12.4 Å². The Morgan fingerprint density at radius 1 is 1.18 bits per heavy atom. The monoisotopic (exact) mass is 460 g/mol. The molecule has 1 atom stereocenters. The third-order valence-electron chi connectivity index (χ3n) is 6.25. The number of carbonyl (C=O) groups is 1. The molecule has 33 heavy (non-hydrogen) atoms. The molecule has 0 bridgehead atoms. The van der Waals surface area contributed by atoms with E-state index >= 15 is 0 Å². The lowest BCUT2D eigenvalue weighted by atomic mass is 9.97. The minimum Gasteiger partial charge on any atom is -0.376 e. The van der Waals surface area contributed by atoms with Crippen LogP contribution >= 0.6 is 11.8 Å². The molecule has 5 rings (SSSR count). The van der Waals surface area contributed by atoms with Crippen molar-refractivity contribution >= 4 is 28.4 Å². The zero-order chi connectivity index (χ0) is 22.9. The number of fused-ring (bicyclic) bond motifs is 1. The number of para-hydroxylation sites is 1. The Bertz CT molecular complexity index is 1290. The van der Waals surface area contributed by atoms with Gasteiger partial charge >= 0.3 is 0 Å². The Labute approximate surface area is 197 Å². The first-order chi connectivity index (χ1) is 16.0. The molecule has 1 aliphatic rings. The van der Waals surface area contributed by atoms with Gasteiger partial charge in [-0.3, -0.25) is 9.36 Å². The van der Waals surface area contributed by atoms with Crippen LogP contribution in [0.25, 0.3) is 22.3 Å². The van der Waals surface area contributed by atoms with E-state index in [0.29, 0.717) is 12.3 Å². The molecule has 2 aromatic heterocycles. The van der Waals surface area contributed by atoms with Gasteiger partial charge in [0.2, 0.25) is 0 Å². The Balaban J connectivity index is 1.45. The number of rotatable bonds is 7. The summed E-state index contributed by atoms with van der Waals surface area (Å²) in [6.07, 6.45) is 4.22. The Hall–Kier alpha value is -2.90. The van der Waals surface area contributed by atoms with Crippen LogP contribution < -0.4 is 0 Å². The fraction of sp³-hybridized carbons (Fsp3) is 0.346. The standard InChI is InChI=1S/C26H28N4O2S/c1-16-11-17(2)24(18(3)12-16)23(31)15-33-26-29-28-25(30(26)14-19-7-6-10-32-19)21-13-27-22-9-5-4-8-20(21)22/h4-5,8-9,11-13,19,27H,6-7,10,14-15H2,1-3H3/t19-/m0/s1. The molecule has 2 aromatic carbocycles. The van der Waals surface area contributed by atoms with Gasteiger partial charge < -0.3 is 9.72 Å². The van der Waals surface area contributed by atoms with Gasteiger partial charge in [0.15, 0.2) is 16.8 Å². The van der Waals surface area contributed by atoms with E-state index in [0.717, 1.165) is 63.6 Å². The first kappa shape index (κ1) is 21.9.